The van der Waals surface area contributed by atoms with Gasteiger partial charge in [-0.05, 0) is 44.0 Å². The maximum Gasteiger partial charge on any atom is 0.137 e. The molecule has 2 aliphatic rings. The molecule has 2 aliphatic heterocycles. The molecule has 0 saturated carbocycles. The summed E-state index contributed by atoms with van der Waals surface area (Å²) in [4.78, 5) is 9.85. The molecule has 0 amide bonds. The zero-order valence-electron chi connectivity index (χ0n) is 14.1. The van der Waals surface area contributed by atoms with Crippen molar-refractivity contribution >= 4 is 17.2 Å². The van der Waals surface area contributed by atoms with E-state index >= 15 is 0 Å². The van der Waals surface area contributed by atoms with Crippen molar-refractivity contribution in [2.45, 2.75) is 19.4 Å². The van der Waals surface area contributed by atoms with E-state index in [-0.39, 0.29) is 0 Å². The summed E-state index contributed by atoms with van der Waals surface area (Å²) in [5.74, 6) is 0.841. The van der Waals surface area contributed by atoms with Gasteiger partial charge >= 0.3 is 0 Å². The summed E-state index contributed by atoms with van der Waals surface area (Å²) < 4.78 is 2.02. The van der Waals surface area contributed by atoms with Crippen LogP contribution in [0.25, 0.3) is 5.65 Å². The zero-order valence-corrected chi connectivity index (χ0v) is 14.9. The van der Waals surface area contributed by atoms with Crippen LogP contribution in [0.1, 0.15) is 18.5 Å². The van der Waals surface area contributed by atoms with Crippen molar-refractivity contribution in [3.05, 3.63) is 35.2 Å². The van der Waals surface area contributed by atoms with E-state index in [1.165, 1.54) is 45.6 Å². The molecule has 130 valence electrons. The summed E-state index contributed by atoms with van der Waals surface area (Å²) in [5, 5.41) is 4.27. The molecular weight excluding hydrogens is 322 g/mol. The number of rotatable bonds is 4. The second-order valence-electron chi connectivity index (χ2n) is 7.13. The van der Waals surface area contributed by atoms with Gasteiger partial charge in [0.05, 0.1) is 10.7 Å². The lowest BCUT2D eigenvalue weighted by Crippen LogP contribution is -2.48. The number of hydrogen-bond acceptors (Lipinski definition) is 4. The third-order valence-corrected chi connectivity index (χ3v) is 5.45. The Morgan fingerprint density at radius 1 is 1.12 bits per heavy atom. The van der Waals surface area contributed by atoms with E-state index in [0.29, 0.717) is 0 Å². The van der Waals surface area contributed by atoms with Crippen LogP contribution < -0.4 is 5.32 Å². The third kappa shape index (κ3) is 3.91. The van der Waals surface area contributed by atoms with Crippen LogP contribution in [-0.2, 0) is 6.54 Å². The van der Waals surface area contributed by atoms with Gasteiger partial charge in [-0.1, -0.05) is 11.6 Å². The number of hydrogen-bond donors (Lipinski definition) is 1. The Morgan fingerprint density at radius 2 is 1.96 bits per heavy atom. The fraction of sp³-hybridized carbons (Fsp3) is 0.611. The molecule has 4 rings (SSSR count). The van der Waals surface area contributed by atoms with Crippen LogP contribution in [-0.4, -0.2) is 65.0 Å². The van der Waals surface area contributed by atoms with Crippen molar-refractivity contribution in [2.24, 2.45) is 5.92 Å². The minimum Gasteiger partial charge on any atom is -0.316 e. The largest absolute Gasteiger partial charge is 0.316 e. The summed E-state index contributed by atoms with van der Waals surface area (Å²) in [6.45, 7) is 9.21. The van der Waals surface area contributed by atoms with Crippen molar-refractivity contribution < 1.29 is 0 Å². The first-order chi connectivity index (χ1) is 11.8. The van der Waals surface area contributed by atoms with Crippen LogP contribution in [0.2, 0.25) is 5.02 Å². The SMILES string of the molecule is Clc1ccc2nc(CN3CCN(CC4CCCNC4)CC3)cn2c1. The molecule has 4 heterocycles. The number of nitrogens with one attached hydrogen (secondary N) is 1. The second-order valence-corrected chi connectivity index (χ2v) is 7.57. The predicted octanol–water partition coefficient (Wildman–Crippen LogP) is 2.10. The topological polar surface area (TPSA) is 35.8 Å². The molecule has 0 aromatic carbocycles. The van der Waals surface area contributed by atoms with Gasteiger partial charge in [-0.3, -0.25) is 4.90 Å². The number of aromatic nitrogens is 2. The van der Waals surface area contributed by atoms with Crippen LogP contribution in [0.5, 0.6) is 0 Å². The zero-order chi connectivity index (χ0) is 16.4. The highest BCUT2D eigenvalue weighted by molar-refractivity contribution is 6.30. The van der Waals surface area contributed by atoms with E-state index in [0.717, 1.165) is 41.9 Å². The Morgan fingerprint density at radius 3 is 2.75 bits per heavy atom. The minimum absolute atomic E-state index is 0.747. The normalized spacial score (nSPS) is 23.8. The summed E-state index contributed by atoms with van der Waals surface area (Å²) in [6, 6.07) is 3.87. The van der Waals surface area contributed by atoms with E-state index in [1.54, 1.807) is 0 Å². The highest BCUT2D eigenvalue weighted by atomic mass is 35.5. The molecule has 0 spiro atoms. The van der Waals surface area contributed by atoms with Crippen LogP contribution >= 0.6 is 11.6 Å². The van der Waals surface area contributed by atoms with Gasteiger partial charge in [0.15, 0.2) is 0 Å². The maximum atomic E-state index is 6.05. The molecule has 0 radical (unpaired) electrons. The lowest BCUT2D eigenvalue weighted by atomic mass is 9.99. The highest BCUT2D eigenvalue weighted by Gasteiger charge is 2.21. The van der Waals surface area contributed by atoms with Crippen molar-refractivity contribution in [1.82, 2.24) is 24.5 Å². The molecule has 2 aromatic heterocycles. The van der Waals surface area contributed by atoms with E-state index in [2.05, 4.69) is 21.3 Å². The Hall–Kier alpha value is -1.14. The van der Waals surface area contributed by atoms with Gasteiger partial charge in [-0.15, -0.1) is 0 Å². The average Bonchev–Trinajstić information content (AvgIpc) is 2.99. The number of fused-ring (bicyclic) bond motifs is 1. The van der Waals surface area contributed by atoms with Gasteiger partial charge < -0.3 is 14.6 Å². The van der Waals surface area contributed by atoms with Gasteiger partial charge in [0, 0.05) is 51.7 Å². The molecule has 24 heavy (non-hydrogen) atoms. The Kier molecular flexibility index (Phi) is 5.03. The Bertz CT molecular complexity index is 671. The first kappa shape index (κ1) is 16.3. The van der Waals surface area contributed by atoms with Gasteiger partial charge in [0.2, 0.25) is 0 Å². The number of halogens is 1. The molecule has 2 saturated heterocycles. The quantitative estimate of drug-likeness (QED) is 0.919. The standard InChI is InChI=1S/C18H26ClN5/c19-16-3-4-18-21-17(14-24(18)12-16)13-23-8-6-22(7-9-23)11-15-2-1-5-20-10-15/h3-4,12,14-15,20H,1-2,5-11,13H2. The van der Waals surface area contributed by atoms with Gasteiger partial charge in [-0.2, -0.15) is 0 Å². The maximum absolute atomic E-state index is 6.05. The van der Waals surface area contributed by atoms with E-state index in [4.69, 9.17) is 16.6 Å². The van der Waals surface area contributed by atoms with Crippen molar-refractivity contribution in [2.75, 3.05) is 45.8 Å². The molecule has 1 atom stereocenters. The number of piperidine rings is 1. The van der Waals surface area contributed by atoms with Crippen LogP contribution in [0, 0.1) is 5.92 Å². The molecule has 6 heteroatoms. The second kappa shape index (κ2) is 7.40. The lowest BCUT2D eigenvalue weighted by Gasteiger charge is -2.37. The van der Waals surface area contributed by atoms with Gasteiger partial charge in [0.25, 0.3) is 0 Å². The molecule has 1 unspecified atom stereocenters. The van der Waals surface area contributed by atoms with Crippen molar-refractivity contribution in [3.8, 4) is 0 Å². The monoisotopic (exact) mass is 347 g/mol. The molecule has 0 bridgehead atoms. The first-order valence-corrected chi connectivity index (χ1v) is 9.42. The number of nitrogens with zero attached hydrogens (tertiary/aromatic N) is 4. The van der Waals surface area contributed by atoms with Gasteiger partial charge in [-0.25, -0.2) is 4.98 Å². The van der Waals surface area contributed by atoms with Crippen LogP contribution in [0.4, 0.5) is 0 Å². The predicted molar refractivity (Wildman–Crippen MR) is 97.5 cm³/mol. The number of pyridine rings is 1. The van der Waals surface area contributed by atoms with E-state index in [1.807, 2.05) is 22.7 Å². The molecular formula is C18H26ClN5. The summed E-state index contributed by atoms with van der Waals surface area (Å²) >= 11 is 6.05. The van der Waals surface area contributed by atoms with Crippen molar-refractivity contribution in [3.63, 3.8) is 0 Å². The van der Waals surface area contributed by atoms with E-state index in [9.17, 15) is 0 Å². The molecule has 2 fully saturated rings. The summed E-state index contributed by atoms with van der Waals surface area (Å²) in [6.07, 6.45) is 6.74. The molecule has 5 nitrogen and oxygen atoms in total. The van der Waals surface area contributed by atoms with E-state index < -0.39 is 0 Å². The Labute approximate surface area is 148 Å². The van der Waals surface area contributed by atoms with Crippen LogP contribution in [0.3, 0.4) is 0 Å². The summed E-state index contributed by atoms with van der Waals surface area (Å²) in [7, 11) is 0. The minimum atomic E-state index is 0.747. The third-order valence-electron chi connectivity index (χ3n) is 5.23. The first-order valence-electron chi connectivity index (χ1n) is 9.05. The number of imidazole rings is 1. The van der Waals surface area contributed by atoms with Crippen LogP contribution in [0.15, 0.2) is 24.5 Å². The number of piperazine rings is 1. The summed E-state index contributed by atoms with van der Waals surface area (Å²) in [5.41, 5.74) is 2.10. The smallest absolute Gasteiger partial charge is 0.137 e. The molecule has 1 N–H and O–H groups in total. The fourth-order valence-electron chi connectivity index (χ4n) is 3.90. The Balaban J connectivity index is 1.29. The fourth-order valence-corrected chi connectivity index (χ4v) is 4.07. The highest BCUT2D eigenvalue weighted by Crippen LogP contribution is 2.16. The van der Waals surface area contributed by atoms with Gasteiger partial charge in [0.1, 0.15) is 5.65 Å². The van der Waals surface area contributed by atoms with Crippen molar-refractivity contribution in [1.29, 1.82) is 0 Å². The molecule has 2 aromatic rings. The molecule has 0 aliphatic carbocycles. The lowest BCUT2D eigenvalue weighted by molar-refractivity contribution is 0.107. The average molecular weight is 348 g/mol.